The minimum Gasteiger partial charge on any atom is -0.351 e. The van der Waals surface area contributed by atoms with Crippen LogP contribution >= 0.6 is 11.8 Å². The van der Waals surface area contributed by atoms with Crippen molar-refractivity contribution < 1.29 is 4.79 Å². The Balaban J connectivity index is 1.76. The van der Waals surface area contributed by atoms with Gasteiger partial charge in [-0.3, -0.25) is 4.79 Å². The van der Waals surface area contributed by atoms with Gasteiger partial charge in [-0.2, -0.15) is 0 Å². The van der Waals surface area contributed by atoms with Crippen LogP contribution in [0.15, 0.2) is 67.2 Å². The lowest BCUT2D eigenvalue weighted by molar-refractivity contribution is -0.122. The van der Waals surface area contributed by atoms with Gasteiger partial charge in [0, 0.05) is 17.2 Å². The maximum atomic E-state index is 12.0. The summed E-state index contributed by atoms with van der Waals surface area (Å²) in [7, 11) is 0. The summed E-state index contributed by atoms with van der Waals surface area (Å²) in [5.74, 6) is 0.367. The standard InChI is InChI=1S/C18H20N2OS/c1-14(16-10-6-3-7-11-16)22-13-17(19)18(21)20-12-15-8-4-2-5-9-15/h2-11,17H,1,12-13,19H2,(H,20,21). The first kappa shape index (κ1) is 16.3. The second-order valence-corrected chi connectivity index (χ2v) is 6.02. The van der Waals surface area contributed by atoms with Crippen molar-refractivity contribution in [2.75, 3.05) is 5.75 Å². The van der Waals surface area contributed by atoms with Crippen molar-refractivity contribution in [3.63, 3.8) is 0 Å². The van der Waals surface area contributed by atoms with Crippen LogP contribution in [0.3, 0.4) is 0 Å². The Bertz CT molecular complexity index is 613. The summed E-state index contributed by atoms with van der Waals surface area (Å²) in [5.41, 5.74) is 8.05. The highest BCUT2D eigenvalue weighted by atomic mass is 32.2. The molecule has 2 rings (SSSR count). The molecule has 0 radical (unpaired) electrons. The van der Waals surface area contributed by atoms with E-state index < -0.39 is 6.04 Å². The summed E-state index contributed by atoms with van der Waals surface area (Å²) in [4.78, 5) is 12.9. The highest BCUT2D eigenvalue weighted by molar-refractivity contribution is 8.08. The third-order valence-corrected chi connectivity index (χ3v) is 4.29. The Kier molecular flexibility index (Phi) is 6.25. The molecule has 4 heteroatoms. The maximum absolute atomic E-state index is 12.0. The SMILES string of the molecule is C=C(SCC(N)C(=O)NCc1ccccc1)c1ccccc1. The molecule has 1 unspecified atom stereocenters. The van der Waals surface area contributed by atoms with E-state index in [1.807, 2.05) is 60.7 Å². The maximum Gasteiger partial charge on any atom is 0.238 e. The van der Waals surface area contributed by atoms with Crippen LogP contribution in [-0.2, 0) is 11.3 Å². The number of hydrogen-bond acceptors (Lipinski definition) is 3. The number of carbonyl (C=O) groups is 1. The molecule has 2 aromatic carbocycles. The molecular weight excluding hydrogens is 292 g/mol. The molecule has 0 spiro atoms. The van der Waals surface area contributed by atoms with Gasteiger partial charge in [-0.1, -0.05) is 67.2 Å². The Labute approximate surface area is 135 Å². The van der Waals surface area contributed by atoms with E-state index in [1.165, 1.54) is 11.8 Å². The summed E-state index contributed by atoms with van der Waals surface area (Å²) in [6.07, 6.45) is 0. The summed E-state index contributed by atoms with van der Waals surface area (Å²) in [6, 6.07) is 19.1. The van der Waals surface area contributed by atoms with Gasteiger partial charge in [-0.15, -0.1) is 11.8 Å². The van der Waals surface area contributed by atoms with Gasteiger partial charge in [0.05, 0.1) is 6.04 Å². The van der Waals surface area contributed by atoms with Crippen LogP contribution in [-0.4, -0.2) is 17.7 Å². The van der Waals surface area contributed by atoms with E-state index in [0.29, 0.717) is 12.3 Å². The second-order valence-electron chi connectivity index (χ2n) is 4.91. The van der Waals surface area contributed by atoms with Gasteiger partial charge in [0.1, 0.15) is 0 Å². The average Bonchev–Trinajstić information content (AvgIpc) is 2.58. The highest BCUT2D eigenvalue weighted by Crippen LogP contribution is 2.25. The van der Waals surface area contributed by atoms with E-state index in [0.717, 1.165) is 16.0 Å². The molecule has 0 aliphatic rings. The van der Waals surface area contributed by atoms with Gasteiger partial charge in [0.25, 0.3) is 0 Å². The number of thioether (sulfide) groups is 1. The smallest absolute Gasteiger partial charge is 0.238 e. The van der Waals surface area contributed by atoms with Crippen molar-refractivity contribution >= 4 is 22.6 Å². The first-order chi connectivity index (χ1) is 10.7. The predicted molar refractivity (Wildman–Crippen MR) is 94.2 cm³/mol. The summed E-state index contributed by atoms with van der Waals surface area (Å²) < 4.78 is 0. The fourth-order valence-electron chi connectivity index (χ4n) is 1.89. The Morgan fingerprint density at radius 2 is 1.68 bits per heavy atom. The first-order valence-electron chi connectivity index (χ1n) is 7.11. The van der Waals surface area contributed by atoms with Gasteiger partial charge in [-0.25, -0.2) is 0 Å². The van der Waals surface area contributed by atoms with Crippen LogP contribution < -0.4 is 11.1 Å². The van der Waals surface area contributed by atoms with Crippen molar-refractivity contribution in [3.8, 4) is 0 Å². The lowest BCUT2D eigenvalue weighted by Crippen LogP contribution is -2.41. The van der Waals surface area contributed by atoms with E-state index in [1.54, 1.807) is 0 Å². The van der Waals surface area contributed by atoms with Crippen molar-refractivity contribution in [2.45, 2.75) is 12.6 Å². The molecule has 0 saturated heterocycles. The minimum atomic E-state index is -0.547. The monoisotopic (exact) mass is 312 g/mol. The van der Waals surface area contributed by atoms with Crippen LogP contribution in [0.4, 0.5) is 0 Å². The molecule has 1 amide bonds. The molecular formula is C18H20N2OS. The number of hydrogen-bond donors (Lipinski definition) is 2. The van der Waals surface area contributed by atoms with Crippen molar-refractivity contribution in [1.82, 2.24) is 5.32 Å². The molecule has 22 heavy (non-hydrogen) atoms. The van der Waals surface area contributed by atoms with Gasteiger partial charge < -0.3 is 11.1 Å². The zero-order chi connectivity index (χ0) is 15.8. The molecule has 0 heterocycles. The molecule has 0 aliphatic carbocycles. The number of nitrogens with one attached hydrogen (secondary N) is 1. The zero-order valence-corrected chi connectivity index (χ0v) is 13.2. The van der Waals surface area contributed by atoms with E-state index in [2.05, 4.69) is 11.9 Å². The van der Waals surface area contributed by atoms with Crippen LogP contribution in [0.5, 0.6) is 0 Å². The molecule has 114 valence electrons. The third kappa shape index (κ3) is 5.06. The summed E-state index contributed by atoms with van der Waals surface area (Å²) >= 11 is 1.51. The van der Waals surface area contributed by atoms with Crippen LogP contribution in [0.25, 0.3) is 4.91 Å². The van der Waals surface area contributed by atoms with Gasteiger partial charge in [0.2, 0.25) is 5.91 Å². The molecule has 3 nitrogen and oxygen atoms in total. The van der Waals surface area contributed by atoms with Crippen LogP contribution in [0.1, 0.15) is 11.1 Å². The summed E-state index contributed by atoms with van der Waals surface area (Å²) in [5, 5.41) is 2.86. The Morgan fingerprint density at radius 3 is 2.32 bits per heavy atom. The Hall–Kier alpha value is -2.04. The molecule has 0 aliphatic heterocycles. The zero-order valence-electron chi connectivity index (χ0n) is 12.4. The lowest BCUT2D eigenvalue weighted by Gasteiger charge is -2.13. The second kappa shape index (κ2) is 8.41. The molecule has 0 saturated carbocycles. The summed E-state index contributed by atoms with van der Waals surface area (Å²) in [6.45, 7) is 4.52. The number of amides is 1. The predicted octanol–water partition coefficient (Wildman–Crippen LogP) is 3.03. The first-order valence-corrected chi connectivity index (χ1v) is 8.09. The normalized spacial score (nSPS) is 11.7. The van der Waals surface area contributed by atoms with E-state index in [9.17, 15) is 4.79 Å². The van der Waals surface area contributed by atoms with Crippen LogP contribution in [0, 0.1) is 0 Å². The van der Waals surface area contributed by atoms with Gasteiger partial charge in [-0.05, 0) is 11.1 Å². The largest absolute Gasteiger partial charge is 0.351 e. The number of carbonyl (C=O) groups excluding carboxylic acids is 1. The topological polar surface area (TPSA) is 55.1 Å². The highest BCUT2D eigenvalue weighted by Gasteiger charge is 2.14. The number of benzene rings is 2. The van der Waals surface area contributed by atoms with Crippen molar-refractivity contribution in [3.05, 3.63) is 78.4 Å². The van der Waals surface area contributed by atoms with E-state index in [4.69, 9.17) is 5.73 Å². The lowest BCUT2D eigenvalue weighted by atomic mass is 10.2. The fourth-order valence-corrected chi connectivity index (χ4v) is 2.72. The molecule has 3 N–H and O–H groups in total. The average molecular weight is 312 g/mol. The molecule has 0 bridgehead atoms. The Morgan fingerprint density at radius 1 is 1.09 bits per heavy atom. The molecule has 0 fully saturated rings. The number of rotatable bonds is 7. The molecule has 0 aromatic heterocycles. The molecule has 1 atom stereocenters. The van der Waals surface area contributed by atoms with Crippen LogP contribution in [0.2, 0.25) is 0 Å². The van der Waals surface area contributed by atoms with E-state index >= 15 is 0 Å². The third-order valence-electron chi connectivity index (χ3n) is 3.18. The molecule has 2 aromatic rings. The number of nitrogens with two attached hydrogens (primary N) is 1. The fraction of sp³-hybridized carbons (Fsp3) is 0.167. The van der Waals surface area contributed by atoms with Gasteiger partial charge >= 0.3 is 0 Å². The van der Waals surface area contributed by atoms with E-state index in [-0.39, 0.29) is 5.91 Å². The van der Waals surface area contributed by atoms with Gasteiger partial charge in [0.15, 0.2) is 0 Å². The van der Waals surface area contributed by atoms with Crippen molar-refractivity contribution in [1.29, 1.82) is 0 Å². The van der Waals surface area contributed by atoms with Crippen molar-refractivity contribution in [2.24, 2.45) is 5.73 Å². The minimum absolute atomic E-state index is 0.141. The quantitative estimate of drug-likeness (QED) is 0.826.